The second-order valence-electron chi connectivity index (χ2n) is 2.61. The summed E-state index contributed by atoms with van der Waals surface area (Å²) in [5.41, 5.74) is 6.74. The second-order valence-corrected chi connectivity index (χ2v) is 2.61. The van der Waals surface area contributed by atoms with Crippen molar-refractivity contribution in [3.8, 4) is 0 Å². The molecule has 1 rings (SSSR count). The zero-order chi connectivity index (χ0) is 8.27. The third-order valence-corrected chi connectivity index (χ3v) is 1.41. The van der Waals surface area contributed by atoms with Gasteiger partial charge >= 0.3 is 0 Å². The van der Waals surface area contributed by atoms with Crippen LogP contribution in [0, 0.1) is 0 Å². The highest BCUT2D eigenvalue weighted by molar-refractivity contribution is 5.72. The van der Waals surface area contributed by atoms with Crippen molar-refractivity contribution >= 4 is 5.91 Å². The first kappa shape index (κ1) is 8.07. The SMILES string of the molecule is CC(=O)NN1CCC=C(C)N1. The molecule has 0 aromatic carbocycles. The molecule has 0 aliphatic carbocycles. The summed E-state index contributed by atoms with van der Waals surface area (Å²) in [5, 5.41) is 1.69. The van der Waals surface area contributed by atoms with E-state index in [1.165, 1.54) is 6.92 Å². The predicted octanol–water partition coefficient (Wildman–Crippen LogP) is 0.152. The minimum atomic E-state index is -0.0489. The van der Waals surface area contributed by atoms with Crippen LogP contribution in [0.15, 0.2) is 11.8 Å². The molecule has 0 saturated heterocycles. The van der Waals surface area contributed by atoms with E-state index >= 15 is 0 Å². The van der Waals surface area contributed by atoms with E-state index in [1.807, 2.05) is 6.92 Å². The molecular weight excluding hydrogens is 142 g/mol. The predicted molar refractivity (Wildman–Crippen MR) is 42.0 cm³/mol. The Bertz CT molecular complexity index is 188. The lowest BCUT2D eigenvalue weighted by molar-refractivity contribution is -0.125. The molecule has 1 heterocycles. The lowest BCUT2D eigenvalue weighted by atomic mass is 10.3. The molecule has 0 saturated carbocycles. The van der Waals surface area contributed by atoms with Crippen LogP contribution >= 0.6 is 0 Å². The van der Waals surface area contributed by atoms with Crippen LogP contribution in [0.4, 0.5) is 0 Å². The number of carbonyl (C=O) groups is 1. The number of nitrogens with zero attached hydrogens (tertiary/aromatic N) is 1. The molecular formula is C7H13N3O. The molecule has 4 nitrogen and oxygen atoms in total. The monoisotopic (exact) mass is 155 g/mol. The van der Waals surface area contributed by atoms with Gasteiger partial charge in [-0.15, -0.1) is 5.12 Å². The Morgan fingerprint density at radius 1 is 1.82 bits per heavy atom. The van der Waals surface area contributed by atoms with Crippen LogP contribution in [0.5, 0.6) is 0 Å². The highest BCUT2D eigenvalue weighted by Gasteiger charge is 2.08. The second kappa shape index (κ2) is 3.39. The quantitative estimate of drug-likeness (QED) is 0.566. The van der Waals surface area contributed by atoms with Gasteiger partial charge in [0.25, 0.3) is 0 Å². The average molecular weight is 155 g/mol. The smallest absolute Gasteiger partial charge is 0.232 e. The third kappa shape index (κ3) is 2.59. The fourth-order valence-corrected chi connectivity index (χ4v) is 0.998. The van der Waals surface area contributed by atoms with Crippen LogP contribution in [0.2, 0.25) is 0 Å². The molecule has 0 atom stereocenters. The van der Waals surface area contributed by atoms with Crippen LogP contribution in [-0.2, 0) is 4.79 Å². The summed E-state index contributed by atoms with van der Waals surface area (Å²) in [6, 6.07) is 0. The maximum Gasteiger partial charge on any atom is 0.232 e. The third-order valence-electron chi connectivity index (χ3n) is 1.41. The molecule has 0 bridgehead atoms. The van der Waals surface area contributed by atoms with Gasteiger partial charge in [0.2, 0.25) is 5.91 Å². The Morgan fingerprint density at radius 2 is 2.55 bits per heavy atom. The van der Waals surface area contributed by atoms with Crippen molar-refractivity contribution in [2.75, 3.05) is 6.54 Å². The molecule has 62 valence electrons. The zero-order valence-electron chi connectivity index (χ0n) is 6.85. The molecule has 0 unspecified atom stereocenters. The summed E-state index contributed by atoms with van der Waals surface area (Å²) in [6.45, 7) is 4.28. The average Bonchev–Trinajstić information content (AvgIpc) is 1.85. The van der Waals surface area contributed by atoms with E-state index in [4.69, 9.17) is 0 Å². The number of rotatable bonds is 1. The summed E-state index contributed by atoms with van der Waals surface area (Å²) in [5.74, 6) is -0.0489. The van der Waals surface area contributed by atoms with E-state index in [2.05, 4.69) is 16.9 Å². The fraction of sp³-hybridized carbons (Fsp3) is 0.571. The van der Waals surface area contributed by atoms with Crippen LogP contribution in [0.1, 0.15) is 20.3 Å². The molecule has 2 N–H and O–H groups in total. The normalized spacial score (nSPS) is 18.5. The Balaban J connectivity index is 2.38. The van der Waals surface area contributed by atoms with Gasteiger partial charge in [-0.1, -0.05) is 6.08 Å². The molecule has 0 fully saturated rings. The van der Waals surface area contributed by atoms with Gasteiger partial charge in [-0.3, -0.25) is 10.2 Å². The first-order valence-corrected chi connectivity index (χ1v) is 3.66. The van der Waals surface area contributed by atoms with E-state index in [1.54, 1.807) is 5.12 Å². The Kier molecular flexibility index (Phi) is 2.48. The van der Waals surface area contributed by atoms with E-state index in [0.29, 0.717) is 0 Å². The number of allylic oxidation sites excluding steroid dienone is 1. The summed E-state index contributed by atoms with van der Waals surface area (Å²) < 4.78 is 0. The van der Waals surface area contributed by atoms with Gasteiger partial charge in [0, 0.05) is 19.2 Å². The number of carbonyl (C=O) groups excluding carboxylic acids is 1. The Labute approximate surface area is 66.2 Å². The number of hydrazine groups is 2. The molecule has 0 radical (unpaired) electrons. The van der Waals surface area contributed by atoms with E-state index in [-0.39, 0.29) is 5.91 Å². The van der Waals surface area contributed by atoms with Crippen molar-refractivity contribution in [3.63, 3.8) is 0 Å². The van der Waals surface area contributed by atoms with Crippen molar-refractivity contribution < 1.29 is 4.79 Å². The van der Waals surface area contributed by atoms with Crippen molar-refractivity contribution in [1.82, 2.24) is 16.0 Å². The zero-order valence-corrected chi connectivity index (χ0v) is 6.85. The molecule has 0 aromatic rings. The van der Waals surface area contributed by atoms with Gasteiger partial charge in [-0.25, -0.2) is 0 Å². The highest BCUT2D eigenvalue weighted by Crippen LogP contribution is 1.99. The minimum Gasteiger partial charge on any atom is -0.306 e. The fourth-order valence-electron chi connectivity index (χ4n) is 0.998. The standard InChI is InChI=1S/C7H13N3O/c1-6-4-3-5-10(8-6)9-7(2)11/h4,8H,3,5H2,1-2H3,(H,9,11). The van der Waals surface area contributed by atoms with Gasteiger partial charge in [-0.2, -0.15) is 0 Å². The van der Waals surface area contributed by atoms with Gasteiger partial charge in [-0.05, 0) is 13.3 Å². The van der Waals surface area contributed by atoms with Crippen molar-refractivity contribution in [2.24, 2.45) is 0 Å². The maximum absolute atomic E-state index is 10.6. The van der Waals surface area contributed by atoms with Crippen LogP contribution in [0.25, 0.3) is 0 Å². The maximum atomic E-state index is 10.6. The lowest BCUT2D eigenvalue weighted by Crippen LogP contribution is -2.51. The molecule has 4 heteroatoms. The number of nitrogens with one attached hydrogen (secondary N) is 2. The first-order valence-electron chi connectivity index (χ1n) is 3.66. The van der Waals surface area contributed by atoms with E-state index in [9.17, 15) is 4.79 Å². The molecule has 0 aromatic heterocycles. The van der Waals surface area contributed by atoms with Crippen LogP contribution in [0.3, 0.4) is 0 Å². The highest BCUT2D eigenvalue weighted by atomic mass is 16.2. The van der Waals surface area contributed by atoms with Crippen molar-refractivity contribution in [1.29, 1.82) is 0 Å². The summed E-state index contributed by atoms with van der Waals surface area (Å²) >= 11 is 0. The van der Waals surface area contributed by atoms with Gasteiger partial charge in [0.1, 0.15) is 0 Å². The van der Waals surface area contributed by atoms with Gasteiger partial charge < -0.3 is 5.43 Å². The molecule has 1 aliphatic heterocycles. The first-order chi connectivity index (χ1) is 5.18. The summed E-state index contributed by atoms with van der Waals surface area (Å²) in [7, 11) is 0. The molecule has 1 aliphatic rings. The van der Waals surface area contributed by atoms with Crippen LogP contribution < -0.4 is 10.9 Å². The van der Waals surface area contributed by atoms with Crippen molar-refractivity contribution in [2.45, 2.75) is 20.3 Å². The van der Waals surface area contributed by atoms with Gasteiger partial charge in [0.05, 0.1) is 0 Å². The molecule has 11 heavy (non-hydrogen) atoms. The molecule has 1 amide bonds. The number of amides is 1. The van der Waals surface area contributed by atoms with Crippen LogP contribution in [-0.4, -0.2) is 17.6 Å². The summed E-state index contributed by atoms with van der Waals surface area (Å²) in [6.07, 6.45) is 3.07. The summed E-state index contributed by atoms with van der Waals surface area (Å²) in [4.78, 5) is 10.6. The van der Waals surface area contributed by atoms with Gasteiger partial charge in [0.15, 0.2) is 0 Å². The topological polar surface area (TPSA) is 44.4 Å². The molecule has 0 spiro atoms. The minimum absolute atomic E-state index is 0.0489. The van der Waals surface area contributed by atoms with E-state index < -0.39 is 0 Å². The Hall–Kier alpha value is -1.03. The number of hydrogen-bond acceptors (Lipinski definition) is 3. The van der Waals surface area contributed by atoms with Crippen molar-refractivity contribution in [3.05, 3.63) is 11.8 Å². The lowest BCUT2D eigenvalue weighted by Gasteiger charge is -2.27. The number of hydrogen-bond donors (Lipinski definition) is 2. The Morgan fingerprint density at radius 3 is 3.09 bits per heavy atom. The largest absolute Gasteiger partial charge is 0.306 e. The van der Waals surface area contributed by atoms with E-state index in [0.717, 1.165) is 18.7 Å².